The molecule has 41 heavy (non-hydrogen) atoms. The summed E-state index contributed by atoms with van der Waals surface area (Å²) in [6, 6.07) is 35.1. The van der Waals surface area contributed by atoms with Crippen LogP contribution in [0.25, 0.3) is 0 Å². The molecule has 1 saturated carbocycles. The lowest BCUT2D eigenvalue weighted by atomic mass is 9.46. The van der Waals surface area contributed by atoms with Crippen molar-refractivity contribution in [1.29, 1.82) is 0 Å². The maximum atomic E-state index is 13.1. The van der Waals surface area contributed by atoms with Gasteiger partial charge in [0.15, 0.2) is 0 Å². The summed E-state index contributed by atoms with van der Waals surface area (Å²) >= 11 is 0. The molecule has 0 amide bonds. The van der Waals surface area contributed by atoms with Gasteiger partial charge in [0, 0.05) is 24.0 Å². The van der Waals surface area contributed by atoms with Crippen molar-refractivity contribution < 1.29 is 28.7 Å². The van der Waals surface area contributed by atoms with Crippen LogP contribution in [0.3, 0.4) is 0 Å². The maximum absolute atomic E-state index is 13.1. The highest BCUT2D eigenvalue weighted by Gasteiger charge is 2.58. The Morgan fingerprint density at radius 1 is 0.683 bits per heavy atom. The lowest BCUT2D eigenvalue weighted by molar-refractivity contribution is -0.777. The minimum absolute atomic E-state index is 0.0537. The number of methoxy groups -OCH3 is 2. The van der Waals surface area contributed by atoms with E-state index in [4.69, 9.17) is 18.9 Å². The Kier molecular flexibility index (Phi) is 7.46. The van der Waals surface area contributed by atoms with Crippen LogP contribution in [0.15, 0.2) is 109 Å². The molecule has 0 saturated heterocycles. The predicted molar refractivity (Wildman–Crippen MR) is 161 cm³/mol. The Balaban J connectivity index is 1.59. The van der Waals surface area contributed by atoms with E-state index in [1.165, 1.54) is 6.42 Å². The smallest absolute Gasteiger partial charge is 0.472 e. The molecule has 0 aromatic heterocycles. The molecular formula is C34H36BNO5. The molecule has 1 aliphatic heterocycles. The minimum Gasteiger partial charge on any atom is -0.622 e. The molecule has 0 bridgehead atoms. The second kappa shape index (κ2) is 11.3. The highest BCUT2D eigenvalue weighted by Crippen LogP contribution is 2.39. The molecule has 0 unspecified atom stereocenters. The molecule has 6 nitrogen and oxygen atoms in total. The molecule has 1 heterocycles. The first-order valence-corrected chi connectivity index (χ1v) is 14.4. The fraction of sp³-hybridized carbons (Fsp3) is 0.265. The van der Waals surface area contributed by atoms with Crippen LogP contribution in [-0.4, -0.2) is 42.6 Å². The van der Waals surface area contributed by atoms with Crippen molar-refractivity contribution in [2.75, 3.05) is 14.2 Å². The molecule has 1 aliphatic carbocycles. The van der Waals surface area contributed by atoms with E-state index < -0.39 is 12.2 Å². The Bertz CT molecular complexity index is 1400. The molecule has 210 valence electrons. The third-order valence-electron chi connectivity index (χ3n) is 8.45. The molecular weight excluding hydrogens is 513 g/mol. The van der Waals surface area contributed by atoms with Crippen LogP contribution >= 0.6 is 0 Å². The fourth-order valence-electron chi connectivity index (χ4n) is 6.19. The van der Waals surface area contributed by atoms with Crippen molar-refractivity contribution in [3.63, 3.8) is 0 Å². The van der Waals surface area contributed by atoms with Gasteiger partial charge in [-0.15, -0.1) is 10.9 Å². The zero-order valence-corrected chi connectivity index (χ0v) is 23.6. The van der Waals surface area contributed by atoms with Crippen molar-refractivity contribution >= 4 is 23.4 Å². The van der Waals surface area contributed by atoms with Gasteiger partial charge >= 0.3 is 12.4 Å². The molecule has 6 rings (SSSR count). The van der Waals surface area contributed by atoms with E-state index >= 15 is 0 Å². The number of nitrogens with zero attached hydrogens (tertiary/aromatic N) is 1. The van der Waals surface area contributed by atoms with E-state index in [9.17, 15) is 5.11 Å². The van der Waals surface area contributed by atoms with Gasteiger partial charge < -0.3 is 24.0 Å². The van der Waals surface area contributed by atoms with Crippen LogP contribution in [0.1, 0.15) is 43.2 Å². The molecule has 4 aromatic carbocycles. The van der Waals surface area contributed by atoms with Crippen molar-refractivity contribution in [2.24, 2.45) is 0 Å². The molecule has 1 fully saturated rings. The van der Waals surface area contributed by atoms with E-state index in [1.54, 1.807) is 14.2 Å². The Labute approximate surface area is 241 Å². The average molecular weight is 549 g/mol. The largest absolute Gasteiger partial charge is 0.622 e. The van der Waals surface area contributed by atoms with E-state index in [0.717, 1.165) is 36.6 Å². The monoisotopic (exact) mass is 549 g/mol. The summed E-state index contributed by atoms with van der Waals surface area (Å²) < 4.78 is 27.0. The van der Waals surface area contributed by atoms with Crippen LogP contribution in [-0.2, 0) is 15.0 Å². The van der Waals surface area contributed by atoms with Crippen LogP contribution in [0.2, 0.25) is 0 Å². The topological polar surface area (TPSA) is 60.2 Å². The van der Waals surface area contributed by atoms with Gasteiger partial charge in [0.25, 0.3) is 0 Å². The number of aliphatic hydroxyl groups is 1. The third-order valence-corrected chi connectivity index (χ3v) is 8.45. The highest BCUT2D eigenvalue weighted by atomic mass is 16.8. The van der Waals surface area contributed by atoms with Gasteiger partial charge in [0.2, 0.25) is 11.6 Å². The predicted octanol–water partition coefficient (Wildman–Crippen LogP) is 4.90. The van der Waals surface area contributed by atoms with Gasteiger partial charge in [-0.05, 0) is 41.8 Å². The van der Waals surface area contributed by atoms with Gasteiger partial charge in [-0.2, -0.15) is 0 Å². The number of hydrogen-bond donors (Lipinski definition) is 1. The normalized spacial score (nSPS) is 17.0. The summed E-state index contributed by atoms with van der Waals surface area (Å²) in [4.78, 5) is 0. The summed E-state index contributed by atoms with van der Waals surface area (Å²) in [6.45, 7) is -2.21. The quantitative estimate of drug-likeness (QED) is 0.250. The van der Waals surface area contributed by atoms with E-state index in [-0.39, 0.29) is 6.04 Å². The summed E-state index contributed by atoms with van der Waals surface area (Å²) in [5.41, 5.74) is 1.44. The Morgan fingerprint density at radius 3 is 1.59 bits per heavy atom. The second-order valence-electron chi connectivity index (χ2n) is 10.8. The molecule has 4 aromatic rings. The lowest BCUT2D eigenvalue weighted by Gasteiger charge is -2.34. The number of ether oxygens (including phenoxy) is 2. The highest BCUT2D eigenvalue weighted by molar-refractivity contribution is 6.93. The number of hydrogen-bond acceptors (Lipinski definition) is 5. The average Bonchev–Trinajstić information content (AvgIpc) is 3.48. The first kappa shape index (κ1) is 27.0. The van der Waals surface area contributed by atoms with Gasteiger partial charge in [-0.3, -0.25) is 0 Å². The second-order valence-corrected chi connectivity index (χ2v) is 10.8. The SMILES string of the molecule is COc1ccc(C(O)(C2=[N+](C3CCCCC3)O[B-](c3ccccc3)(c3ccccc3)O2)c2ccc(OC)cc2)cc1. The van der Waals surface area contributed by atoms with Crippen molar-refractivity contribution in [3.8, 4) is 11.5 Å². The summed E-state index contributed by atoms with van der Waals surface area (Å²) in [5, 5.41) is 13.1. The zero-order chi connectivity index (χ0) is 28.3. The van der Waals surface area contributed by atoms with Crippen LogP contribution in [0, 0.1) is 0 Å². The van der Waals surface area contributed by atoms with Crippen LogP contribution < -0.4 is 20.4 Å². The number of rotatable bonds is 8. The van der Waals surface area contributed by atoms with Crippen molar-refractivity contribution in [1.82, 2.24) is 0 Å². The zero-order valence-electron chi connectivity index (χ0n) is 23.6. The molecule has 7 heteroatoms. The lowest BCUT2D eigenvalue weighted by Crippen LogP contribution is -2.62. The summed E-state index contributed by atoms with van der Waals surface area (Å²) in [6.07, 6.45) is 5.28. The molecule has 0 atom stereocenters. The van der Waals surface area contributed by atoms with Gasteiger partial charge in [0.1, 0.15) is 11.5 Å². The Morgan fingerprint density at radius 2 is 1.15 bits per heavy atom. The fourth-order valence-corrected chi connectivity index (χ4v) is 6.19. The summed E-state index contributed by atoms with van der Waals surface area (Å²) in [5.74, 6) is 1.78. The maximum Gasteiger partial charge on any atom is 0.472 e. The van der Waals surface area contributed by atoms with Gasteiger partial charge in [0.05, 0.1) is 14.2 Å². The van der Waals surface area contributed by atoms with E-state index in [1.807, 2.05) is 114 Å². The summed E-state index contributed by atoms with van der Waals surface area (Å²) in [7, 11) is 3.27. The number of hydroxylamine groups is 1. The van der Waals surface area contributed by atoms with Crippen molar-refractivity contribution in [2.45, 2.75) is 43.7 Å². The van der Waals surface area contributed by atoms with Crippen molar-refractivity contribution in [3.05, 3.63) is 120 Å². The van der Waals surface area contributed by atoms with Crippen LogP contribution in [0.5, 0.6) is 11.5 Å². The molecule has 2 aliphatic rings. The van der Waals surface area contributed by atoms with Crippen LogP contribution in [0.4, 0.5) is 0 Å². The Hall–Kier alpha value is -4.23. The molecule has 0 spiro atoms. The molecule has 1 N–H and O–H groups in total. The first-order valence-electron chi connectivity index (χ1n) is 14.4. The first-order chi connectivity index (χ1) is 20.1. The molecule has 0 radical (unpaired) electrons. The number of benzene rings is 4. The third kappa shape index (κ3) is 4.85. The van der Waals surface area contributed by atoms with Gasteiger partial charge in [-0.1, -0.05) is 91.3 Å². The van der Waals surface area contributed by atoms with E-state index in [0.29, 0.717) is 28.5 Å². The van der Waals surface area contributed by atoms with Gasteiger partial charge in [-0.25, -0.2) is 0 Å². The standard InChI is InChI=1S/C34H36BNO5/c1-38-31-22-18-26(19-23-31)34(37,27-20-24-32(39-2)25-21-27)33-36(30-16-10-5-11-17-30)41-35(40-33,28-12-6-3-7-13-28)29-14-8-4-9-15-29/h3-4,6-9,12-15,18-25,30,37H,5,10-11,16-17H2,1-2H3. The minimum atomic E-state index is -2.21. The van der Waals surface area contributed by atoms with E-state index in [2.05, 4.69) is 0 Å².